The molecule has 3 rings (SSSR count). The molecule has 0 aliphatic carbocycles. The van der Waals surface area contributed by atoms with Crippen LogP contribution in [0.2, 0.25) is 5.02 Å². The minimum atomic E-state index is -0.407. The van der Waals surface area contributed by atoms with E-state index in [1.807, 2.05) is 43.3 Å². The molecule has 1 fully saturated rings. The third-order valence-electron chi connectivity index (χ3n) is 5.01. The molecule has 2 aromatic carbocycles. The van der Waals surface area contributed by atoms with E-state index in [1.165, 1.54) is 24.9 Å². The smallest absolute Gasteiger partial charge is 0.262 e. The van der Waals surface area contributed by atoms with Crippen molar-refractivity contribution in [1.29, 1.82) is 5.26 Å². The van der Waals surface area contributed by atoms with Crippen molar-refractivity contribution in [2.75, 3.05) is 18.0 Å². The SMILES string of the molecule is C[C@H](NC(=O)C(C#N)=Cc1ccc(N2CCCCC2)cc1)c1ccccc1Cl. The molecule has 1 saturated heterocycles. The van der Waals surface area contributed by atoms with Gasteiger partial charge in [0.15, 0.2) is 0 Å². The first-order chi connectivity index (χ1) is 13.6. The molecular weight excluding hydrogens is 370 g/mol. The summed E-state index contributed by atoms with van der Waals surface area (Å²) in [7, 11) is 0. The quantitative estimate of drug-likeness (QED) is 0.567. The van der Waals surface area contributed by atoms with Gasteiger partial charge in [0.25, 0.3) is 5.91 Å². The van der Waals surface area contributed by atoms with Crippen LogP contribution in [0, 0.1) is 11.3 Å². The molecule has 1 atom stereocenters. The fourth-order valence-electron chi connectivity index (χ4n) is 3.43. The van der Waals surface area contributed by atoms with Gasteiger partial charge < -0.3 is 10.2 Å². The first kappa shape index (κ1) is 20.0. The number of halogens is 1. The molecule has 144 valence electrons. The Morgan fingerprint density at radius 3 is 2.46 bits per heavy atom. The summed E-state index contributed by atoms with van der Waals surface area (Å²) in [6, 6.07) is 17.1. The zero-order valence-electron chi connectivity index (χ0n) is 16.0. The summed E-state index contributed by atoms with van der Waals surface area (Å²) in [4.78, 5) is 14.9. The zero-order chi connectivity index (χ0) is 19.9. The van der Waals surface area contributed by atoms with Crippen molar-refractivity contribution in [1.82, 2.24) is 5.32 Å². The number of amides is 1. The standard InChI is InChI=1S/C23H24ClN3O/c1-17(21-7-3-4-8-22(21)24)26-23(28)19(16-25)15-18-9-11-20(12-10-18)27-13-5-2-6-14-27/h3-4,7-12,15,17H,2,5-6,13-14H2,1H3,(H,26,28)/t17-/m0/s1. The maximum Gasteiger partial charge on any atom is 0.262 e. The van der Waals surface area contributed by atoms with Gasteiger partial charge in [-0.3, -0.25) is 4.79 Å². The van der Waals surface area contributed by atoms with Crippen LogP contribution >= 0.6 is 11.6 Å². The van der Waals surface area contributed by atoms with Gasteiger partial charge in [-0.1, -0.05) is 41.9 Å². The predicted molar refractivity (Wildman–Crippen MR) is 114 cm³/mol. The number of hydrogen-bond donors (Lipinski definition) is 1. The second-order valence-corrected chi connectivity index (χ2v) is 7.43. The lowest BCUT2D eigenvalue weighted by Gasteiger charge is -2.28. The maximum atomic E-state index is 12.5. The molecular formula is C23H24ClN3O. The van der Waals surface area contributed by atoms with E-state index in [4.69, 9.17) is 11.6 Å². The second-order valence-electron chi connectivity index (χ2n) is 7.03. The molecule has 1 aliphatic rings. The highest BCUT2D eigenvalue weighted by Crippen LogP contribution is 2.23. The van der Waals surface area contributed by atoms with Crippen LogP contribution in [0.3, 0.4) is 0 Å². The number of carbonyl (C=O) groups excluding carboxylic acids is 1. The number of anilines is 1. The topological polar surface area (TPSA) is 56.1 Å². The van der Waals surface area contributed by atoms with E-state index in [-0.39, 0.29) is 11.6 Å². The third-order valence-corrected chi connectivity index (χ3v) is 5.35. The summed E-state index contributed by atoms with van der Waals surface area (Å²) in [5.74, 6) is -0.407. The monoisotopic (exact) mass is 393 g/mol. The molecule has 28 heavy (non-hydrogen) atoms. The molecule has 0 unspecified atom stereocenters. The molecule has 1 heterocycles. The summed E-state index contributed by atoms with van der Waals surface area (Å²) in [6.07, 6.45) is 5.37. The third kappa shape index (κ3) is 4.94. The molecule has 0 aromatic heterocycles. The Bertz CT molecular complexity index is 893. The largest absolute Gasteiger partial charge is 0.372 e. The average molecular weight is 394 g/mol. The Balaban J connectivity index is 1.69. The van der Waals surface area contributed by atoms with E-state index in [0.29, 0.717) is 5.02 Å². The maximum absolute atomic E-state index is 12.5. The van der Waals surface area contributed by atoms with Crippen molar-refractivity contribution in [3.63, 3.8) is 0 Å². The Morgan fingerprint density at radius 1 is 1.14 bits per heavy atom. The summed E-state index contributed by atoms with van der Waals surface area (Å²) < 4.78 is 0. The van der Waals surface area contributed by atoms with Crippen LogP contribution in [0.15, 0.2) is 54.1 Å². The highest BCUT2D eigenvalue weighted by Gasteiger charge is 2.16. The van der Waals surface area contributed by atoms with Gasteiger partial charge in [-0.15, -0.1) is 0 Å². The van der Waals surface area contributed by atoms with Crippen LogP contribution in [0.1, 0.15) is 43.4 Å². The minimum Gasteiger partial charge on any atom is -0.372 e. The zero-order valence-corrected chi connectivity index (χ0v) is 16.7. The molecule has 4 nitrogen and oxygen atoms in total. The normalized spacial score (nSPS) is 15.6. The van der Waals surface area contributed by atoms with Gasteiger partial charge in [-0.25, -0.2) is 0 Å². The molecule has 1 aliphatic heterocycles. The number of hydrogen-bond acceptors (Lipinski definition) is 3. The summed E-state index contributed by atoms with van der Waals surface area (Å²) in [6.45, 7) is 4.02. The summed E-state index contributed by atoms with van der Waals surface area (Å²) in [5, 5.41) is 12.9. The number of nitrogens with zero attached hydrogens (tertiary/aromatic N) is 2. The van der Waals surface area contributed by atoms with E-state index in [9.17, 15) is 10.1 Å². The molecule has 5 heteroatoms. The van der Waals surface area contributed by atoms with Gasteiger partial charge in [0.1, 0.15) is 11.6 Å². The highest BCUT2D eigenvalue weighted by molar-refractivity contribution is 6.31. The van der Waals surface area contributed by atoms with E-state index < -0.39 is 5.91 Å². The van der Waals surface area contributed by atoms with Gasteiger partial charge in [0.2, 0.25) is 0 Å². The van der Waals surface area contributed by atoms with E-state index in [2.05, 4.69) is 22.3 Å². The van der Waals surface area contributed by atoms with Gasteiger partial charge >= 0.3 is 0 Å². The Hall–Kier alpha value is -2.77. The van der Waals surface area contributed by atoms with Crippen LogP contribution in [-0.4, -0.2) is 19.0 Å². The van der Waals surface area contributed by atoms with Gasteiger partial charge in [0, 0.05) is 23.8 Å². The van der Waals surface area contributed by atoms with Crippen LogP contribution in [-0.2, 0) is 4.79 Å². The highest BCUT2D eigenvalue weighted by atomic mass is 35.5. The molecule has 0 saturated carbocycles. The first-order valence-electron chi connectivity index (χ1n) is 9.60. The lowest BCUT2D eigenvalue weighted by molar-refractivity contribution is -0.117. The van der Waals surface area contributed by atoms with Crippen molar-refractivity contribution in [2.45, 2.75) is 32.2 Å². The van der Waals surface area contributed by atoms with Crippen LogP contribution in [0.5, 0.6) is 0 Å². The van der Waals surface area contributed by atoms with Crippen molar-refractivity contribution in [2.24, 2.45) is 0 Å². The second kappa shape index (κ2) is 9.43. The van der Waals surface area contributed by atoms with Gasteiger partial charge in [0.05, 0.1) is 6.04 Å². The fraction of sp³-hybridized carbons (Fsp3) is 0.304. The first-order valence-corrected chi connectivity index (χ1v) is 9.98. The summed E-state index contributed by atoms with van der Waals surface area (Å²) in [5.41, 5.74) is 2.91. The number of piperidine rings is 1. The van der Waals surface area contributed by atoms with Crippen LogP contribution in [0.25, 0.3) is 6.08 Å². The van der Waals surface area contributed by atoms with Crippen molar-refractivity contribution >= 4 is 29.3 Å². The Kier molecular flexibility index (Phi) is 6.73. The lowest BCUT2D eigenvalue weighted by atomic mass is 10.1. The fourth-order valence-corrected chi connectivity index (χ4v) is 3.73. The van der Waals surface area contributed by atoms with Crippen molar-refractivity contribution < 1.29 is 4.79 Å². The van der Waals surface area contributed by atoms with E-state index in [1.54, 1.807) is 12.1 Å². The van der Waals surface area contributed by atoms with Crippen molar-refractivity contribution in [3.05, 3.63) is 70.3 Å². The number of nitrogens with one attached hydrogen (secondary N) is 1. The van der Waals surface area contributed by atoms with E-state index in [0.717, 1.165) is 24.2 Å². The predicted octanol–water partition coefficient (Wildman–Crippen LogP) is 5.11. The van der Waals surface area contributed by atoms with Gasteiger partial charge in [-0.05, 0) is 61.6 Å². The minimum absolute atomic E-state index is 0.0737. The Labute approximate surface area is 171 Å². The van der Waals surface area contributed by atoms with Gasteiger partial charge in [-0.2, -0.15) is 5.26 Å². The van der Waals surface area contributed by atoms with Crippen LogP contribution in [0.4, 0.5) is 5.69 Å². The molecule has 2 aromatic rings. The van der Waals surface area contributed by atoms with Crippen molar-refractivity contribution in [3.8, 4) is 6.07 Å². The number of rotatable bonds is 5. The number of carbonyl (C=O) groups is 1. The lowest BCUT2D eigenvalue weighted by Crippen LogP contribution is -2.29. The van der Waals surface area contributed by atoms with Crippen LogP contribution < -0.4 is 10.2 Å². The number of benzene rings is 2. The summed E-state index contributed by atoms with van der Waals surface area (Å²) >= 11 is 6.19. The molecule has 0 radical (unpaired) electrons. The molecule has 0 spiro atoms. The Morgan fingerprint density at radius 2 is 1.82 bits per heavy atom. The molecule has 1 N–H and O–H groups in total. The molecule has 0 bridgehead atoms. The average Bonchev–Trinajstić information content (AvgIpc) is 2.73. The number of nitriles is 1. The van der Waals surface area contributed by atoms with E-state index >= 15 is 0 Å². The molecule has 1 amide bonds.